The summed E-state index contributed by atoms with van der Waals surface area (Å²) in [5.74, 6) is 0.430. The molecule has 0 radical (unpaired) electrons. The van der Waals surface area contributed by atoms with Crippen LogP contribution in [-0.4, -0.2) is 42.3 Å². The number of nitrogens with zero attached hydrogens (tertiary/aromatic N) is 6. The number of hydrogen-bond acceptors (Lipinski definition) is 9. The summed E-state index contributed by atoms with van der Waals surface area (Å²) in [5.41, 5.74) is 2.06. The molecule has 0 unspecified atom stereocenters. The number of fused-ring (bicyclic) bond motifs is 1. The summed E-state index contributed by atoms with van der Waals surface area (Å²) in [7, 11) is 2.90. The largest absolute Gasteiger partial charge is 0.489 e. The molecule has 4 heterocycles. The molecule has 0 saturated heterocycles. The molecule has 1 amide bonds. The van der Waals surface area contributed by atoms with E-state index in [0.717, 1.165) is 35.9 Å². The van der Waals surface area contributed by atoms with Crippen LogP contribution in [0.15, 0.2) is 56.9 Å². The van der Waals surface area contributed by atoms with Crippen LogP contribution in [0.2, 0.25) is 0 Å². The van der Waals surface area contributed by atoms with Crippen molar-refractivity contribution >= 4 is 22.6 Å². The smallest absolute Gasteiger partial charge is 0.296 e. The number of benzene rings is 1. The Bertz CT molecular complexity index is 1630. The number of rotatable bonds is 6. The van der Waals surface area contributed by atoms with Gasteiger partial charge in [-0.15, -0.1) is 0 Å². The Morgan fingerprint density at radius 1 is 1.22 bits per heavy atom. The van der Waals surface area contributed by atoms with E-state index >= 15 is 0 Å². The molecule has 1 N–H and O–H groups in total. The Balaban J connectivity index is 1.55. The second kappa shape index (κ2) is 8.48. The van der Waals surface area contributed by atoms with Gasteiger partial charge in [0.1, 0.15) is 18.2 Å². The zero-order valence-corrected chi connectivity index (χ0v) is 19.5. The third-order valence-electron chi connectivity index (χ3n) is 6.37. The van der Waals surface area contributed by atoms with Crippen molar-refractivity contribution in [3.8, 4) is 28.9 Å². The second-order valence-electron chi connectivity index (χ2n) is 8.48. The molecule has 0 aliphatic heterocycles. The number of nitrogens with one attached hydrogen (secondary N) is 1. The molecule has 0 atom stereocenters. The van der Waals surface area contributed by atoms with E-state index in [9.17, 15) is 9.59 Å². The van der Waals surface area contributed by atoms with E-state index in [1.807, 2.05) is 18.2 Å². The molecule has 182 valence electrons. The summed E-state index contributed by atoms with van der Waals surface area (Å²) in [6.45, 7) is 0. The molecule has 0 spiro atoms. The molecule has 12 nitrogen and oxygen atoms in total. The van der Waals surface area contributed by atoms with Gasteiger partial charge in [0.05, 0.1) is 30.5 Å². The number of imidazole rings is 1. The molecular weight excluding hydrogens is 466 g/mol. The number of aromatic nitrogens is 6. The fraction of sp³-hybridized carbons (Fsp3) is 0.250. The van der Waals surface area contributed by atoms with Crippen LogP contribution in [0.1, 0.15) is 35.8 Å². The Labute approximate surface area is 203 Å². The van der Waals surface area contributed by atoms with Crippen molar-refractivity contribution in [3.05, 3.63) is 59.2 Å². The van der Waals surface area contributed by atoms with Crippen LogP contribution >= 0.6 is 0 Å². The lowest BCUT2D eigenvalue weighted by Crippen LogP contribution is -2.28. The van der Waals surface area contributed by atoms with Gasteiger partial charge in [-0.3, -0.25) is 14.2 Å². The molecule has 1 aliphatic carbocycles. The highest BCUT2D eigenvalue weighted by Crippen LogP contribution is 2.39. The van der Waals surface area contributed by atoms with Crippen molar-refractivity contribution in [1.29, 1.82) is 0 Å². The van der Waals surface area contributed by atoms with Gasteiger partial charge in [-0.05, 0) is 37.5 Å². The highest BCUT2D eigenvalue weighted by atomic mass is 16.5. The molecule has 5 aromatic rings. The Kier molecular flexibility index (Phi) is 5.13. The van der Waals surface area contributed by atoms with Gasteiger partial charge >= 0.3 is 0 Å². The fourth-order valence-corrected chi connectivity index (χ4v) is 4.34. The summed E-state index contributed by atoms with van der Waals surface area (Å²) in [6, 6.07) is 5.92. The normalized spacial score (nSPS) is 13.6. The molecule has 1 aliphatic rings. The van der Waals surface area contributed by atoms with Crippen molar-refractivity contribution in [2.45, 2.75) is 25.3 Å². The first-order chi connectivity index (χ1) is 17.5. The van der Waals surface area contributed by atoms with Crippen molar-refractivity contribution in [3.63, 3.8) is 0 Å². The van der Waals surface area contributed by atoms with Gasteiger partial charge in [-0.25, -0.2) is 15.0 Å². The number of ether oxygens (including phenoxy) is 1. The minimum absolute atomic E-state index is 0.163. The summed E-state index contributed by atoms with van der Waals surface area (Å²) in [4.78, 5) is 40.0. The van der Waals surface area contributed by atoms with Gasteiger partial charge in [-0.2, -0.15) is 0 Å². The van der Waals surface area contributed by atoms with Crippen LogP contribution in [-0.2, 0) is 7.05 Å². The quantitative estimate of drug-likeness (QED) is 0.381. The number of carbonyl (C=O) groups excluding carboxylic acids is 1. The number of hydrogen-bond donors (Lipinski definition) is 1. The minimum Gasteiger partial charge on any atom is -0.489 e. The van der Waals surface area contributed by atoms with Crippen molar-refractivity contribution in [1.82, 2.24) is 29.2 Å². The lowest BCUT2D eigenvalue weighted by Gasteiger charge is -2.29. The van der Waals surface area contributed by atoms with Crippen LogP contribution in [0.25, 0.3) is 34.1 Å². The first-order valence-electron chi connectivity index (χ1n) is 11.3. The minimum atomic E-state index is -0.633. The molecule has 1 saturated carbocycles. The van der Waals surface area contributed by atoms with E-state index in [4.69, 9.17) is 18.7 Å². The van der Waals surface area contributed by atoms with E-state index in [2.05, 4.69) is 25.0 Å². The van der Waals surface area contributed by atoms with Gasteiger partial charge in [0.15, 0.2) is 17.3 Å². The average Bonchev–Trinajstić information content (AvgIpc) is 3.61. The summed E-state index contributed by atoms with van der Waals surface area (Å²) in [6.07, 6.45) is 8.75. The predicted molar refractivity (Wildman–Crippen MR) is 128 cm³/mol. The van der Waals surface area contributed by atoms with E-state index in [0.29, 0.717) is 17.4 Å². The van der Waals surface area contributed by atoms with E-state index in [1.54, 1.807) is 13.2 Å². The predicted octanol–water partition coefficient (Wildman–Crippen LogP) is 3.43. The van der Waals surface area contributed by atoms with E-state index in [-0.39, 0.29) is 23.3 Å². The van der Waals surface area contributed by atoms with E-state index in [1.165, 1.54) is 30.4 Å². The standard InChI is InChI=1S/C24H21N7O5/c1-30-20(29-18(19(34-2)24(30)33)22(32)27-14-11-26-36-12-14)21-28-16-7-6-13(23-25-8-9-35-23)10-17(16)31(21)15-4-3-5-15/h6-12,15H,3-5H2,1-2H3,(H,27,32). The van der Waals surface area contributed by atoms with Gasteiger partial charge in [0.25, 0.3) is 11.5 Å². The molecule has 0 bridgehead atoms. The Morgan fingerprint density at radius 2 is 2.08 bits per heavy atom. The maximum absolute atomic E-state index is 13.2. The molecule has 4 aromatic heterocycles. The van der Waals surface area contributed by atoms with Gasteiger partial charge in [0.2, 0.25) is 11.6 Å². The number of anilines is 1. The lowest BCUT2D eigenvalue weighted by molar-refractivity contribution is 0.101. The highest BCUT2D eigenvalue weighted by molar-refractivity contribution is 6.04. The van der Waals surface area contributed by atoms with Crippen molar-refractivity contribution in [2.24, 2.45) is 7.05 Å². The molecule has 6 rings (SSSR count). The Morgan fingerprint density at radius 3 is 2.75 bits per heavy atom. The molecular formula is C24H21N7O5. The average molecular weight is 487 g/mol. The SMILES string of the molecule is COc1c(C(=O)Nc2cnoc2)nc(-c2nc3ccc(-c4ncco4)cc3n2C2CCC2)n(C)c1=O. The lowest BCUT2D eigenvalue weighted by atomic mass is 9.92. The van der Waals surface area contributed by atoms with Gasteiger partial charge < -0.3 is 23.6 Å². The highest BCUT2D eigenvalue weighted by Gasteiger charge is 2.30. The third-order valence-corrected chi connectivity index (χ3v) is 6.37. The van der Waals surface area contributed by atoms with Crippen LogP contribution < -0.4 is 15.6 Å². The number of carbonyl (C=O) groups is 1. The van der Waals surface area contributed by atoms with E-state index < -0.39 is 11.5 Å². The van der Waals surface area contributed by atoms with Crippen LogP contribution in [0.3, 0.4) is 0 Å². The monoisotopic (exact) mass is 487 g/mol. The van der Waals surface area contributed by atoms with Crippen LogP contribution in [0.4, 0.5) is 5.69 Å². The number of methoxy groups -OCH3 is 1. The fourth-order valence-electron chi connectivity index (χ4n) is 4.34. The maximum atomic E-state index is 13.2. The van der Waals surface area contributed by atoms with Crippen LogP contribution in [0, 0.1) is 0 Å². The number of amides is 1. The van der Waals surface area contributed by atoms with Crippen molar-refractivity contribution in [2.75, 3.05) is 12.4 Å². The topological polar surface area (TPSA) is 143 Å². The summed E-state index contributed by atoms with van der Waals surface area (Å²) >= 11 is 0. The Hall–Kier alpha value is -4.74. The molecule has 1 aromatic carbocycles. The molecule has 1 fully saturated rings. The maximum Gasteiger partial charge on any atom is 0.296 e. The van der Waals surface area contributed by atoms with Gasteiger partial charge in [-0.1, -0.05) is 5.16 Å². The third kappa shape index (κ3) is 3.45. The second-order valence-corrected chi connectivity index (χ2v) is 8.48. The first-order valence-corrected chi connectivity index (χ1v) is 11.3. The molecule has 12 heteroatoms. The number of oxazole rings is 1. The molecule has 36 heavy (non-hydrogen) atoms. The van der Waals surface area contributed by atoms with Gasteiger partial charge in [0, 0.05) is 18.7 Å². The first kappa shape index (κ1) is 21.8. The van der Waals surface area contributed by atoms with Crippen molar-refractivity contribution < 1.29 is 18.5 Å². The zero-order chi connectivity index (χ0) is 24.8. The summed E-state index contributed by atoms with van der Waals surface area (Å²) in [5, 5.41) is 6.19. The summed E-state index contributed by atoms with van der Waals surface area (Å²) < 4.78 is 19.0. The zero-order valence-electron chi connectivity index (χ0n) is 19.5. The van der Waals surface area contributed by atoms with Crippen LogP contribution in [0.5, 0.6) is 5.75 Å².